The van der Waals surface area contributed by atoms with Gasteiger partial charge in [0.1, 0.15) is 22.6 Å². The Morgan fingerprint density at radius 1 is 1.20 bits per heavy atom. The highest BCUT2D eigenvalue weighted by Crippen LogP contribution is 2.28. The number of benzene rings is 1. The summed E-state index contributed by atoms with van der Waals surface area (Å²) in [5.41, 5.74) is 2.38. The maximum absolute atomic E-state index is 12.7. The third-order valence-electron chi connectivity index (χ3n) is 4.74. The van der Waals surface area contributed by atoms with Crippen molar-refractivity contribution in [1.82, 2.24) is 14.5 Å². The largest absolute Gasteiger partial charge is 0.463 e. The molecular weight excluding hydrogens is 400 g/mol. The highest BCUT2D eigenvalue weighted by molar-refractivity contribution is 7.18. The molecule has 7 nitrogen and oxygen atoms in total. The van der Waals surface area contributed by atoms with E-state index in [1.54, 1.807) is 12.1 Å². The fourth-order valence-electron chi connectivity index (χ4n) is 3.25. The summed E-state index contributed by atoms with van der Waals surface area (Å²) in [5, 5.41) is 3.63. The number of thiazole rings is 1. The number of aryl methyl sites for hydroxylation is 2. The average molecular weight is 423 g/mol. The Hall–Kier alpha value is -3.26. The maximum atomic E-state index is 12.7. The van der Waals surface area contributed by atoms with Gasteiger partial charge in [-0.2, -0.15) is 4.98 Å². The lowest BCUT2D eigenvalue weighted by molar-refractivity contribution is -0.116. The van der Waals surface area contributed by atoms with E-state index in [-0.39, 0.29) is 12.5 Å². The van der Waals surface area contributed by atoms with Crippen LogP contribution in [0.15, 0.2) is 51.9 Å². The topological polar surface area (TPSA) is 90.0 Å². The number of nitrogens with zero attached hydrogens (tertiary/aromatic N) is 3. The zero-order chi connectivity index (χ0) is 21.1. The molecular formula is C22H22N4O3S. The fraction of sp³-hybridized carbons (Fsp3) is 0.273. The van der Waals surface area contributed by atoms with Gasteiger partial charge < -0.3 is 9.73 Å². The van der Waals surface area contributed by atoms with Crippen molar-refractivity contribution >= 4 is 33.3 Å². The number of hydrogen-bond acceptors (Lipinski definition) is 6. The van der Waals surface area contributed by atoms with E-state index in [4.69, 9.17) is 4.42 Å². The molecule has 3 aromatic heterocycles. The molecule has 0 fully saturated rings. The van der Waals surface area contributed by atoms with Crippen LogP contribution in [0.2, 0.25) is 0 Å². The molecule has 4 aromatic rings. The SMILES string of the molecule is CCCCc1ccc(NC(=O)Cn2c(=O)nc(-c3ccco3)c3nc(C)sc32)cc1. The molecule has 0 atom stereocenters. The van der Waals surface area contributed by atoms with Crippen molar-refractivity contribution < 1.29 is 9.21 Å². The second kappa shape index (κ2) is 8.62. The molecule has 4 rings (SSSR count). The van der Waals surface area contributed by atoms with Gasteiger partial charge in [0.05, 0.1) is 11.3 Å². The average Bonchev–Trinajstić information content (AvgIpc) is 3.39. The van der Waals surface area contributed by atoms with Crippen LogP contribution in [-0.2, 0) is 17.8 Å². The molecule has 1 aromatic carbocycles. The number of anilines is 1. The van der Waals surface area contributed by atoms with E-state index < -0.39 is 5.69 Å². The number of amides is 1. The van der Waals surface area contributed by atoms with Crippen LogP contribution in [-0.4, -0.2) is 20.4 Å². The van der Waals surface area contributed by atoms with E-state index in [1.165, 1.54) is 27.7 Å². The van der Waals surface area contributed by atoms with Gasteiger partial charge >= 0.3 is 5.69 Å². The van der Waals surface area contributed by atoms with Crippen molar-refractivity contribution in [1.29, 1.82) is 0 Å². The Labute approximate surface area is 177 Å². The zero-order valence-corrected chi connectivity index (χ0v) is 17.7. The molecule has 0 aliphatic carbocycles. The lowest BCUT2D eigenvalue weighted by Gasteiger charge is -2.09. The third kappa shape index (κ3) is 4.18. The Balaban J connectivity index is 1.58. The van der Waals surface area contributed by atoms with Gasteiger partial charge in [0.25, 0.3) is 0 Å². The van der Waals surface area contributed by atoms with Crippen molar-refractivity contribution in [2.75, 3.05) is 5.32 Å². The Morgan fingerprint density at radius 2 is 2.00 bits per heavy atom. The molecule has 0 saturated carbocycles. The van der Waals surface area contributed by atoms with Gasteiger partial charge in [0, 0.05) is 5.69 Å². The van der Waals surface area contributed by atoms with Crippen molar-refractivity contribution in [2.24, 2.45) is 0 Å². The predicted molar refractivity (Wildman–Crippen MR) is 118 cm³/mol. The van der Waals surface area contributed by atoms with Crippen LogP contribution in [0.4, 0.5) is 5.69 Å². The molecule has 0 radical (unpaired) electrons. The van der Waals surface area contributed by atoms with Gasteiger partial charge in [0.2, 0.25) is 5.91 Å². The molecule has 154 valence electrons. The zero-order valence-electron chi connectivity index (χ0n) is 16.8. The third-order valence-corrected chi connectivity index (χ3v) is 5.73. The fourth-order valence-corrected chi connectivity index (χ4v) is 4.16. The molecule has 0 unspecified atom stereocenters. The normalized spacial score (nSPS) is 11.1. The van der Waals surface area contributed by atoms with E-state index in [9.17, 15) is 9.59 Å². The highest BCUT2D eigenvalue weighted by Gasteiger charge is 2.19. The van der Waals surface area contributed by atoms with Crippen molar-refractivity contribution in [3.05, 3.63) is 63.7 Å². The first-order chi connectivity index (χ1) is 14.5. The summed E-state index contributed by atoms with van der Waals surface area (Å²) in [7, 11) is 0. The second-order valence-corrected chi connectivity index (χ2v) is 8.22. The van der Waals surface area contributed by atoms with Crippen molar-refractivity contribution in [3.8, 4) is 11.5 Å². The van der Waals surface area contributed by atoms with E-state index in [2.05, 4.69) is 22.2 Å². The number of unbranched alkanes of at least 4 members (excludes halogenated alkanes) is 1. The van der Waals surface area contributed by atoms with Gasteiger partial charge in [0.15, 0.2) is 5.76 Å². The molecule has 30 heavy (non-hydrogen) atoms. The molecule has 3 heterocycles. The molecule has 8 heteroatoms. The number of rotatable bonds is 7. The first-order valence-corrected chi connectivity index (χ1v) is 10.7. The Kier molecular flexibility index (Phi) is 5.76. The summed E-state index contributed by atoms with van der Waals surface area (Å²) in [5.74, 6) is 0.181. The number of aromatic nitrogens is 3. The van der Waals surface area contributed by atoms with Crippen LogP contribution in [0.3, 0.4) is 0 Å². The van der Waals surface area contributed by atoms with Crippen LogP contribution in [0, 0.1) is 6.92 Å². The smallest absolute Gasteiger partial charge is 0.349 e. The quantitative estimate of drug-likeness (QED) is 0.477. The molecule has 1 N–H and O–H groups in total. The minimum absolute atomic E-state index is 0.139. The number of nitrogens with one attached hydrogen (secondary N) is 1. The molecule has 0 bridgehead atoms. The summed E-state index contributed by atoms with van der Waals surface area (Å²) >= 11 is 1.35. The monoisotopic (exact) mass is 422 g/mol. The lowest BCUT2D eigenvalue weighted by Crippen LogP contribution is -2.29. The van der Waals surface area contributed by atoms with Gasteiger partial charge in [-0.25, -0.2) is 9.78 Å². The summed E-state index contributed by atoms with van der Waals surface area (Å²) < 4.78 is 6.76. The second-order valence-electron chi connectivity index (χ2n) is 7.04. The molecule has 0 aliphatic heterocycles. The first kappa shape index (κ1) is 20.0. The van der Waals surface area contributed by atoms with Crippen LogP contribution in [0.5, 0.6) is 0 Å². The summed E-state index contributed by atoms with van der Waals surface area (Å²) in [6.45, 7) is 3.87. The van der Waals surface area contributed by atoms with Crippen LogP contribution in [0.1, 0.15) is 30.3 Å². The predicted octanol–water partition coefficient (Wildman–Crippen LogP) is 4.40. The minimum Gasteiger partial charge on any atom is -0.463 e. The van der Waals surface area contributed by atoms with Crippen molar-refractivity contribution in [2.45, 2.75) is 39.7 Å². The first-order valence-electron chi connectivity index (χ1n) is 9.86. The highest BCUT2D eigenvalue weighted by atomic mass is 32.1. The molecule has 0 spiro atoms. The number of hydrogen-bond donors (Lipinski definition) is 1. The van der Waals surface area contributed by atoms with Gasteiger partial charge in [-0.05, 0) is 49.6 Å². The van der Waals surface area contributed by atoms with Crippen LogP contribution in [0.25, 0.3) is 21.8 Å². The molecule has 0 aliphatic rings. The van der Waals surface area contributed by atoms with Gasteiger partial charge in [-0.3, -0.25) is 9.36 Å². The van der Waals surface area contributed by atoms with Crippen LogP contribution >= 0.6 is 11.3 Å². The standard InChI is InChI=1S/C22H22N4O3S/c1-3-4-6-15-8-10-16(11-9-15)24-18(27)13-26-21-20(23-14(2)30-21)19(25-22(26)28)17-7-5-12-29-17/h5,7-12H,3-4,6,13H2,1-2H3,(H,24,27). The van der Waals surface area contributed by atoms with Crippen molar-refractivity contribution in [3.63, 3.8) is 0 Å². The molecule has 1 amide bonds. The van der Waals surface area contributed by atoms with E-state index in [0.717, 1.165) is 24.3 Å². The molecule has 0 saturated heterocycles. The summed E-state index contributed by atoms with van der Waals surface area (Å²) in [4.78, 5) is 34.6. The maximum Gasteiger partial charge on any atom is 0.349 e. The Morgan fingerprint density at radius 3 is 2.70 bits per heavy atom. The van der Waals surface area contributed by atoms with Gasteiger partial charge in [-0.15, -0.1) is 11.3 Å². The lowest BCUT2D eigenvalue weighted by atomic mass is 10.1. The van der Waals surface area contributed by atoms with E-state index in [1.807, 2.05) is 31.2 Å². The van der Waals surface area contributed by atoms with E-state index >= 15 is 0 Å². The minimum atomic E-state index is -0.511. The van der Waals surface area contributed by atoms with E-state index in [0.29, 0.717) is 27.5 Å². The van der Waals surface area contributed by atoms with Gasteiger partial charge in [-0.1, -0.05) is 25.5 Å². The summed E-state index contributed by atoms with van der Waals surface area (Å²) in [6, 6.07) is 11.3. The number of carbonyl (C=O) groups excluding carboxylic acids is 1. The number of furan rings is 1. The summed E-state index contributed by atoms with van der Waals surface area (Å²) in [6.07, 6.45) is 4.83. The number of carbonyl (C=O) groups is 1. The number of fused-ring (bicyclic) bond motifs is 1. The van der Waals surface area contributed by atoms with Crippen LogP contribution < -0.4 is 11.0 Å². The Bertz CT molecular complexity index is 1220.